The maximum absolute atomic E-state index is 12.7. The minimum atomic E-state index is -3.63. The lowest BCUT2D eigenvalue weighted by Crippen LogP contribution is -2.51. The molecule has 8 nitrogen and oxygen atoms in total. The molecular weight excluding hydrogens is 406 g/mol. The Morgan fingerprint density at radius 1 is 1.18 bits per heavy atom. The van der Waals surface area contributed by atoms with Crippen LogP contribution in [0.1, 0.15) is 5.69 Å². The third-order valence-corrected chi connectivity index (χ3v) is 6.58. The first-order chi connectivity index (χ1) is 13.3. The van der Waals surface area contributed by atoms with E-state index in [2.05, 4.69) is 4.98 Å². The molecule has 10 heteroatoms. The number of aryl methyl sites for hydroxylation is 1. The molecule has 1 saturated heterocycles. The van der Waals surface area contributed by atoms with Gasteiger partial charge in [0.2, 0.25) is 15.5 Å². The van der Waals surface area contributed by atoms with Gasteiger partial charge in [-0.25, -0.2) is 8.42 Å². The summed E-state index contributed by atoms with van der Waals surface area (Å²) < 4.78 is 32.0. The lowest BCUT2D eigenvalue weighted by molar-refractivity contribution is -0.134. The molecule has 1 aliphatic rings. The molecule has 2 heterocycles. The number of carbonyl (C=O) groups is 1. The Hall–Kier alpha value is -2.36. The van der Waals surface area contributed by atoms with E-state index in [0.29, 0.717) is 10.7 Å². The molecule has 0 radical (unpaired) electrons. The van der Waals surface area contributed by atoms with Crippen LogP contribution in [0, 0.1) is 6.92 Å². The number of carbonyl (C=O) groups excluding carboxylic acids is 1. The molecule has 0 aliphatic carbocycles. The van der Waals surface area contributed by atoms with Crippen molar-refractivity contribution in [1.82, 2.24) is 14.2 Å². The Morgan fingerprint density at radius 2 is 1.82 bits per heavy atom. The van der Waals surface area contributed by atoms with Crippen molar-refractivity contribution in [2.24, 2.45) is 0 Å². The Bertz CT molecular complexity index is 1010. The fourth-order valence-electron chi connectivity index (χ4n) is 2.84. The molecule has 1 aromatic heterocycles. The zero-order chi connectivity index (χ0) is 20.3. The van der Waals surface area contributed by atoms with E-state index >= 15 is 0 Å². The van der Waals surface area contributed by atoms with Crippen LogP contribution in [0.4, 0.5) is 0 Å². The molecule has 0 saturated carbocycles. The van der Waals surface area contributed by atoms with Crippen LogP contribution in [0.3, 0.4) is 0 Å². The summed E-state index contributed by atoms with van der Waals surface area (Å²) in [5, 5.41) is 0.460. The highest BCUT2D eigenvalue weighted by Crippen LogP contribution is 2.20. The number of ether oxygens (including phenoxy) is 1. The molecule has 0 atom stereocenters. The van der Waals surface area contributed by atoms with Gasteiger partial charge in [-0.2, -0.15) is 4.31 Å². The summed E-state index contributed by atoms with van der Waals surface area (Å²) in [5.41, 5.74) is 0.393. The fourth-order valence-corrected chi connectivity index (χ4v) is 4.39. The maximum Gasteiger partial charge on any atom is 0.260 e. The first-order valence-corrected chi connectivity index (χ1v) is 10.4. The fraction of sp³-hybridized carbons (Fsp3) is 0.333. The Morgan fingerprint density at radius 3 is 2.43 bits per heavy atom. The van der Waals surface area contributed by atoms with Crippen LogP contribution in [0.2, 0.25) is 5.02 Å². The van der Waals surface area contributed by atoms with Gasteiger partial charge >= 0.3 is 0 Å². The highest BCUT2D eigenvalue weighted by molar-refractivity contribution is 7.89. The Balaban J connectivity index is 1.56. The molecule has 1 aromatic carbocycles. The first kappa shape index (κ1) is 20.4. The van der Waals surface area contributed by atoms with Crippen LogP contribution in [-0.4, -0.2) is 61.3 Å². The summed E-state index contributed by atoms with van der Waals surface area (Å²) >= 11 is 5.81. The predicted molar refractivity (Wildman–Crippen MR) is 104 cm³/mol. The summed E-state index contributed by atoms with van der Waals surface area (Å²) in [7, 11) is -3.63. The Kier molecular flexibility index (Phi) is 6.07. The van der Waals surface area contributed by atoms with Crippen molar-refractivity contribution < 1.29 is 17.9 Å². The lowest BCUT2D eigenvalue weighted by Gasteiger charge is -2.33. The van der Waals surface area contributed by atoms with Gasteiger partial charge in [0.25, 0.3) is 5.91 Å². The number of H-pyrrole nitrogens is 1. The van der Waals surface area contributed by atoms with E-state index in [1.165, 1.54) is 45.7 Å². The quantitative estimate of drug-likeness (QED) is 0.777. The van der Waals surface area contributed by atoms with Gasteiger partial charge in [-0.3, -0.25) is 9.59 Å². The van der Waals surface area contributed by atoms with Gasteiger partial charge in [0, 0.05) is 49.2 Å². The highest BCUT2D eigenvalue weighted by Gasteiger charge is 2.30. The van der Waals surface area contributed by atoms with Crippen molar-refractivity contribution in [2.45, 2.75) is 11.8 Å². The van der Waals surface area contributed by atoms with E-state index in [1.54, 1.807) is 6.92 Å². The molecule has 1 aliphatic heterocycles. The van der Waals surface area contributed by atoms with Crippen molar-refractivity contribution in [3.05, 3.63) is 57.5 Å². The van der Waals surface area contributed by atoms with Gasteiger partial charge in [0.1, 0.15) is 0 Å². The van der Waals surface area contributed by atoms with E-state index in [0.717, 1.165) is 0 Å². The lowest BCUT2D eigenvalue weighted by atomic mass is 10.3. The average Bonchev–Trinajstić information content (AvgIpc) is 2.67. The molecule has 0 unspecified atom stereocenters. The van der Waals surface area contributed by atoms with E-state index in [4.69, 9.17) is 16.3 Å². The summed E-state index contributed by atoms with van der Waals surface area (Å²) in [5.74, 6) is -0.230. The second-order valence-electron chi connectivity index (χ2n) is 6.37. The van der Waals surface area contributed by atoms with E-state index in [9.17, 15) is 18.0 Å². The maximum atomic E-state index is 12.7. The number of nitrogens with zero attached hydrogens (tertiary/aromatic N) is 2. The first-order valence-electron chi connectivity index (χ1n) is 8.63. The van der Waals surface area contributed by atoms with E-state index < -0.39 is 10.0 Å². The SMILES string of the molecule is Cc1cc(=O)c(OCC(=O)N2CCN(S(=O)(=O)c3ccc(Cl)cc3)CC2)c[nH]1. The standard InChI is InChI=1S/C18H20ClN3O5S/c1-13-10-16(23)17(11-20-13)27-12-18(24)21-6-8-22(9-7-21)28(25,26)15-4-2-14(19)3-5-15/h2-5,10-11H,6-9,12H2,1H3,(H,20,23). The summed E-state index contributed by atoms with van der Waals surface area (Å²) in [6.07, 6.45) is 1.42. The molecule has 3 rings (SSSR count). The number of rotatable bonds is 5. The van der Waals surface area contributed by atoms with Crippen molar-refractivity contribution in [3.63, 3.8) is 0 Å². The smallest absolute Gasteiger partial charge is 0.260 e. The molecule has 28 heavy (non-hydrogen) atoms. The van der Waals surface area contributed by atoms with Crippen molar-refractivity contribution in [3.8, 4) is 5.75 Å². The number of pyridine rings is 1. The third kappa shape index (κ3) is 4.54. The van der Waals surface area contributed by atoms with E-state index in [1.807, 2.05) is 0 Å². The average molecular weight is 426 g/mol. The van der Waals surface area contributed by atoms with Gasteiger partial charge < -0.3 is 14.6 Å². The highest BCUT2D eigenvalue weighted by atomic mass is 35.5. The molecule has 0 spiro atoms. The molecule has 0 bridgehead atoms. The number of piperazine rings is 1. The van der Waals surface area contributed by atoms with Crippen LogP contribution in [0.5, 0.6) is 5.75 Å². The van der Waals surface area contributed by atoms with Gasteiger partial charge in [-0.05, 0) is 31.2 Å². The van der Waals surface area contributed by atoms with E-state index in [-0.39, 0.29) is 54.8 Å². The zero-order valence-electron chi connectivity index (χ0n) is 15.2. The van der Waals surface area contributed by atoms with Crippen LogP contribution in [0.15, 0.2) is 46.2 Å². The number of amides is 1. The molecule has 1 amide bonds. The number of hydrogen-bond donors (Lipinski definition) is 1. The number of benzene rings is 1. The summed E-state index contributed by atoms with van der Waals surface area (Å²) in [6.45, 7) is 2.33. The number of hydrogen-bond acceptors (Lipinski definition) is 5. The minimum Gasteiger partial charge on any atom is -0.478 e. The van der Waals surface area contributed by atoms with Gasteiger partial charge in [-0.15, -0.1) is 0 Å². The molecule has 150 valence electrons. The predicted octanol–water partition coefficient (Wildman–Crippen LogP) is 1.25. The van der Waals surface area contributed by atoms with Crippen LogP contribution < -0.4 is 10.2 Å². The van der Waals surface area contributed by atoms with Gasteiger partial charge in [0.05, 0.1) is 4.90 Å². The topological polar surface area (TPSA) is 99.8 Å². The third-order valence-electron chi connectivity index (χ3n) is 4.42. The second kappa shape index (κ2) is 8.34. The van der Waals surface area contributed by atoms with Crippen molar-refractivity contribution in [2.75, 3.05) is 32.8 Å². The normalized spacial score (nSPS) is 15.4. The zero-order valence-corrected chi connectivity index (χ0v) is 16.8. The number of halogens is 1. The minimum absolute atomic E-state index is 0.0721. The second-order valence-corrected chi connectivity index (χ2v) is 8.75. The van der Waals surface area contributed by atoms with Crippen LogP contribution >= 0.6 is 11.6 Å². The number of aromatic amines is 1. The number of sulfonamides is 1. The Labute approximate surface area is 167 Å². The number of nitrogens with one attached hydrogen (secondary N) is 1. The van der Waals surface area contributed by atoms with Gasteiger partial charge in [-0.1, -0.05) is 11.6 Å². The molecule has 2 aromatic rings. The summed E-state index contributed by atoms with van der Waals surface area (Å²) in [4.78, 5) is 28.6. The van der Waals surface area contributed by atoms with Crippen LogP contribution in [-0.2, 0) is 14.8 Å². The van der Waals surface area contributed by atoms with Crippen LogP contribution in [0.25, 0.3) is 0 Å². The van der Waals surface area contributed by atoms with Crippen molar-refractivity contribution >= 4 is 27.5 Å². The molecule has 1 fully saturated rings. The molecule has 1 N–H and O–H groups in total. The van der Waals surface area contributed by atoms with Gasteiger partial charge in [0.15, 0.2) is 12.4 Å². The largest absolute Gasteiger partial charge is 0.478 e. The summed E-state index contributed by atoms with van der Waals surface area (Å²) in [6, 6.07) is 7.36. The van der Waals surface area contributed by atoms with Crippen molar-refractivity contribution in [1.29, 1.82) is 0 Å². The molecular formula is C18H20ClN3O5S. The monoisotopic (exact) mass is 425 g/mol. The number of aromatic nitrogens is 1.